The average molecular weight is 665 g/mol. The zero-order valence-electron chi connectivity index (χ0n) is 25.9. The molecule has 0 aromatic heterocycles. The van der Waals surface area contributed by atoms with Crippen LogP contribution in [0, 0.1) is 11.8 Å². The van der Waals surface area contributed by atoms with Gasteiger partial charge in [-0.2, -0.15) is 0 Å². The molecule has 1 saturated heterocycles. The minimum Gasteiger partial charge on any atom is -0.490 e. The minimum atomic E-state index is -3.75. The van der Waals surface area contributed by atoms with Gasteiger partial charge in [0.2, 0.25) is 10.0 Å². The number of hydrogen-bond donors (Lipinski definition) is 2. The average Bonchev–Trinajstić information content (AvgIpc) is 3.39. The second kappa shape index (κ2) is 13.6. The summed E-state index contributed by atoms with van der Waals surface area (Å²) in [6, 6.07) is 10.9. The number of hydrogen-bond acceptors (Lipinski definition) is 7. The number of aromatic carboxylic acids is 1. The quantitative estimate of drug-likeness (QED) is 0.341. The van der Waals surface area contributed by atoms with Gasteiger partial charge in [-0.1, -0.05) is 24.6 Å². The Kier molecular flexibility index (Phi) is 10.2. The number of sulfonamides is 1. The molecule has 1 fully saturated rings. The zero-order chi connectivity index (χ0) is 32.5. The molecule has 5 rings (SSSR count). The van der Waals surface area contributed by atoms with Crippen LogP contribution >= 0.6 is 11.6 Å². The summed E-state index contributed by atoms with van der Waals surface area (Å²) >= 11 is 6.37. The lowest BCUT2D eigenvalue weighted by molar-refractivity contribution is -0.0322. The molecule has 12 heteroatoms. The molecule has 246 valence electrons. The van der Waals surface area contributed by atoms with Crippen LogP contribution in [0.2, 0.25) is 5.02 Å². The van der Waals surface area contributed by atoms with Gasteiger partial charge in [-0.3, -0.25) is 0 Å². The van der Waals surface area contributed by atoms with Crippen LogP contribution in [-0.2, 0) is 31.3 Å². The number of aryl methyl sites for hydroxylation is 1. The van der Waals surface area contributed by atoms with Crippen LogP contribution in [0.25, 0.3) is 0 Å². The molecule has 45 heavy (non-hydrogen) atoms. The van der Waals surface area contributed by atoms with Crippen molar-refractivity contribution in [3.8, 4) is 5.75 Å². The number of fused-ring (bicyclic) bond motifs is 3. The number of anilines is 1. The molecule has 0 radical (unpaired) electrons. The van der Waals surface area contributed by atoms with Crippen molar-refractivity contribution in [2.24, 2.45) is 17.0 Å². The molecule has 2 aromatic rings. The van der Waals surface area contributed by atoms with E-state index in [0.29, 0.717) is 49.2 Å². The van der Waals surface area contributed by atoms with Crippen molar-refractivity contribution in [2.75, 3.05) is 38.3 Å². The zero-order valence-corrected chi connectivity index (χ0v) is 27.5. The minimum absolute atomic E-state index is 0.153. The van der Waals surface area contributed by atoms with Crippen molar-refractivity contribution in [2.45, 2.75) is 68.8 Å². The molecular weight excluding hydrogens is 623 g/mol. The summed E-state index contributed by atoms with van der Waals surface area (Å²) in [6.07, 6.45) is 3.35. The molecule has 2 aromatic carbocycles. The number of primary sulfonamides is 1. The maximum Gasteiger partial charge on any atom is 0.335 e. The van der Waals surface area contributed by atoms with E-state index in [-0.39, 0.29) is 23.3 Å². The number of methoxy groups -OCH3 is 1. The Morgan fingerprint density at radius 3 is 2.78 bits per heavy atom. The number of carboxylic acid groups (broad SMARTS) is 1. The Bertz CT molecular complexity index is 1550. The lowest BCUT2D eigenvalue weighted by Gasteiger charge is -2.41. The van der Waals surface area contributed by atoms with Gasteiger partial charge in [0.1, 0.15) is 17.7 Å². The van der Waals surface area contributed by atoms with E-state index in [4.69, 9.17) is 31.0 Å². The predicted octanol–water partition coefficient (Wildman–Crippen LogP) is 5.49. The number of ether oxygens (including phenoxy) is 3. The number of carboxylic acids is 1. The molecule has 2 heterocycles. The van der Waals surface area contributed by atoms with Crippen molar-refractivity contribution in [3.05, 3.63) is 70.0 Å². The van der Waals surface area contributed by atoms with Crippen molar-refractivity contribution in [1.29, 1.82) is 0 Å². The Hall–Kier alpha value is -2.70. The van der Waals surface area contributed by atoms with Crippen molar-refractivity contribution in [1.82, 2.24) is 0 Å². The first-order valence-corrected chi connectivity index (χ1v) is 17.4. The number of nitrogens with two attached hydrogens (primary N) is 1. The van der Waals surface area contributed by atoms with Gasteiger partial charge in [0, 0.05) is 43.2 Å². The molecule has 6 atom stereocenters. The van der Waals surface area contributed by atoms with Crippen LogP contribution in [0.4, 0.5) is 10.1 Å². The van der Waals surface area contributed by atoms with E-state index in [0.717, 1.165) is 19.3 Å². The molecule has 3 N–H and O–H groups in total. The fourth-order valence-corrected chi connectivity index (χ4v) is 8.00. The number of allylic oxidation sites excluding steroid dienone is 1. The first-order chi connectivity index (χ1) is 21.3. The van der Waals surface area contributed by atoms with Crippen molar-refractivity contribution < 1.29 is 36.9 Å². The van der Waals surface area contributed by atoms with Crippen molar-refractivity contribution >= 4 is 33.3 Å². The topological polar surface area (TPSA) is 128 Å². The molecule has 0 saturated carbocycles. The van der Waals surface area contributed by atoms with Gasteiger partial charge in [-0.25, -0.2) is 22.7 Å². The second-order valence-electron chi connectivity index (χ2n) is 12.7. The maximum absolute atomic E-state index is 15.7. The molecule has 1 aliphatic carbocycles. The molecule has 1 spiro atoms. The fraction of sp³-hybridized carbons (Fsp3) is 0.545. The molecule has 1 unspecified atom stereocenters. The van der Waals surface area contributed by atoms with Gasteiger partial charge in [-0.05, 0) is 92.5 Å². The Labute approximate surface area is 269 Å². The summed E-state index contributed by atoms with van der Waals surface area (Å²) in [4.78, 5) is 14.2. The number of benzene rings is 2. The highest BCUT2D eigenvalue weighted by Gasteiger charge is 2.44. The van der Waals surface area contributed by atoms with E-state index < -0.39 is 45.2 Å². The van der Waals surface area contributed by atoms with E-state index in [9.17, 15) is 18.3 Å². The maximum atomic E-state index is 15.7. The lowest BCUT2D eigenvalue weighted by Crippen LogP contribution is -2.48. The molecule has 0 bridgehead atoms. The third-order valence-corrected chi connectivity index (χ3v) is 11.6. The molecule has 2 aliphatic heterocycles. The van der Waals surface area contributed by atoms with Crippen LogP contribution < -0.4 is 14.8 Å². The number of halogens is 2. The SMILES string of the molecule is COC(/C(F)=C/C[C@H](C)[C@@H](C)S(N)(=O)=O)[C@@H]1OCC[C@H]1CN1C[C@@]2(CCCc3cc(Cl)ccc32)COc2ccc(C(=O)O)cc21. The molecule has 9 nitrogen and oxygen atoms in total. The van der Waals surface area contributed by atoms with E-state index in [1.807, 2.05) is 12.1 Å². The lowest BCUT2D eigenvalue weighted by atomic mass is 9.70. The van der Waals surface area contributed by atoms with Crippen molar-refractivity contribution in [3.63, 3.8) is 0 Å². The van der Waals surface area contributed by atoms with E-state index >= 15 is 4.39 Å². The summed E-state index contributed by atoms with van der Waals surface area (Å²) in [5, 5.41) is 15.0. The Morgan fingerprint density at radius 1 is 1.29 bits per heavy atom. The van der Waals surface area contributed by atoms with Crippen LogP contribution in [0.3, 0.4) is 0 Å². The Morgan fingerprint density at radius 2 is 2.07 bits per heavy atom. The summed E-state index contributed by atoms with van der Waals surface area (Å²) in [7, 11) is -2.32. The second-order valence-corrected chi connectivity index (χ2v) is 15.1. The molecular formula is C33H42ClFN2O7S. The highest BCUT2D eigenvalue weighted by molar-refractivity contribution is 7.89. The number of carbonyl (C=O) groups is 1. The largest absolute Gasteiger partial charge is 0.490 e. The van der Waals surface area contributed by atoms with Crippen LogP contribution in [0.1, 0.15) is 61.0 Å². The summed E-state index contributed by atoms with van der Waals surface area (Å²) in [6.45, 7) is 5.10. The Balaban J connectivity index is 1.45. The fourth-order valence-electron chi connectivity index (χ4n) is 7.05. The van der Waals surface area contributed by atoms with Crippen LogP contribution in [-0.4, -0.2) is 70.4 Å². The van der Waals surface area contributed by atoms with Gasteiger partial charge < -0.3 is 24.2 Å². The monoisotopic (exact) mass is 664 g/mol. The van der Waals surface area contributed by atoms with Crippen LogP contribution in [0.15, 0.2) is 48.3 Å². The summed E-state index contributed by atoms with van der Waals surface area (Å²) in [5.41, 5.74) is 2.83. The molecule has 0 amide bonds. The predicted molar refractivity (Wildman–Crippen MR) is 171 cm³/mol. The van der Waals surface area contributed by atoms with E-state index in [1.54, 1.807) is 25.1 Å². The molecule has 3 aliphatic rings. The van der Waals surface area contributed by atoms with Gasteiger partial charge >= 0.3 is 5.97 Å². The van der Waals surface area contributed by atoms with Gasteiger partial charge in [0.05, 0.1) is 29.2 Å². The smallest absolute Gasteiger partial charge is 0.335 e. The highest BCUT2D eigenvalue weighted by atomic mass is 35.5. The van der Waals surface area contributed by atoms with Gasteiger partial charge in [0.25, 0.3) is 0 Å². The number of nitrogens with zero attached hydrogens (tertiary/aromatic N) is 1. The van der Waals surface area contributed by atoms with Gasteiger partial charge in [0.15, 0.2) is 0 Å². The summed E-state index contributed by atoms with van der Waals surface area (Å²) in [5.74, 6) is -1.51. The normalized spacial score (nSPS) is 25.6. The first kappa shape index (κ1) is 33.7. The van der Waals surface area contributed by atoms with E-state index in [1.165, 1.54) is 31.2 Å². The standard InChI is InChI=1S/C33H42ClFN2O7S/c1-20(21(2)45(36,40)41)6-10-27(35)31(42-3)30-24(12-14-43-30)17-37-18-33(13-4-5-22-15-25(34)8-9-26(22)33)19-44-29-11-7-23(32(38)39)16-28(29)37/h7-11,15-16,20-21,24,30-31H,4-6,12-14,17-19H2,1-3H3,(H,38,39)(H2,36,40,41)/b27-10-/t20-,21+,24-,30+,31?,33-/m0/s1. The van der Waals surface area contributed by atoms with E-state index in [2.05, 4.69) is 11.0 Å². The van der Waals surface area contributed by atoms with Gasteiger partial charge in [-0.15, -0.1) is 0 Å². The highest BCUT2D eigenvalue weighted by Crippen LogP contribution is 2.45. The summed E-state index contributed by atoms with van der Waals surface area (Å²) < 4.78 is 57.4. The third-order valence-electron chi connectivity index (χ3n) is 9.83. The number of rotatable bonds is 10. The first-order valence-electron chi connectivity index (χ1n) is 15.4. The van der Waals surface area contributed by atoms with Crippen LogP contribution in [0.5, 0.6) is 5.75 Å². The third kappa shape index (κ3) is 7.17.